The van der Waals surface area contributed by atoms with Gasteiger partial charge in [-0.25, -0.2) is 0 Å². The second-order valence-electron chi connectivity index (χ2n) is 4.28. The molecular formula is C18H14FeS2+2. The molecule has 3 heteroatoms. The van der Waals surface area contributed by atoms with Gasteiger partial charge in [-0.1, -0.05) is 6.07 Å². The zero-order valence-corrected chi connectivity index (χ0v) is 14.0. The molecule has 2 heterocycles. The summed E-state index contributed by atoms with van der Waals surface area (Å²) in [5, 5.41) is 2.12. The molecule has 2 aliphatic rings. The van der Waals surface area contributed by atoms with Crippen molar-refractivity contribution in [3.05, 3.63) is 98.2 Å². The van der Waals surface area contributed by atoms with Gasteiger partial charge in [-0.2, -0.15) is 0 Å². The van der Waals surface area contributed by atoms with Gasteiger partial charge < -0.3 is 0 Å². The van der Waals surface area contributed by atoms with E-state index in [1.807, 2.05) is 43.4 Å². The Morgan fingerprint density at radius 1 is 0.619 bits per heavy atom. The number of hydrogen-bond acceptors (Lipinski definition) is 2. The van der Waals surface area contributed by atoms with Gasteiger partial charge in [-0.15, -0.1) is 22.7 Å². The van der Waals surface area contributed by atoms with Gasteiger partial charge in [0.15, 0.2) is 0 Å². The Balaban J connectivity index is 0.000000231. The zero-order chi connectivity index (χ0) is 13.6. The van der Waals surface area contributed by atoms with Crippen LogP contribution in [0.5, 0.6) is 0 Å². The minimum atomic E-state index is 0. The summed E-state index contributed by atoms with van der Waals surface area (Å²) in [5.41, 5.74) is 0. The molecule has 0 amide bonds. The number of hydrogen-bond donors (Lipinski definition) is 0. The van der Waals surface area contributed by atoms with Crippen LogP contribution in [0.25, 0.3) is 9.75 Å². The van der Waals surface area contributed by atoms with Crippen molar-refractivity contribution in [1.29, 1.82) is 0 Å². The molecule has 2 aliphatic carbocycles. The first-order valence-corrected chi connectivity index (χ1v) is 8.15. The van der Waals surface area contributed by atoms with Gasteiger partial charge in [0, 0.05) is 20.5 Å². The van der Waals surface area contributed by atoms with Crippen LogP contribution in [0.15, 0.2) is 29.6 Å². The van der Waals surface area contributed by atoms with E-state index in [-0.39, 0.29) is 17.1 Å². The fourth-order valence-corrected chi connectivity index (χ4v) is 3.75. The molecular weight excluding hydrogens is 336 g/mol. The van der Waals surface area contributed by atoms with Crippen LogP contribution in [0.1, 0.15) is 4.88 Å². The first-order chi connectivity index (χ1) is 9.93. The molecule has 0 saturated heterocycles. The minimum absolute atomic E-state index is 0. The molecule has 0 aromatic carbocycles. The average Bonchev–Trinajstić information content (AvgIpc) is 3.29. The second-order valence-corrected chi connectivity index (χ2v) is 6.31. The fourth-order valence-electron chi connectivity index (χ4n) is 1.90. The Bertz CT molecular complexity index is 483. The Labute approximate surface area is 147 Å². The number of thiophene rings is 2. The van der Waals surface area contributed by atoms with Crippen molar-refractivity contribution >= 4 is 22.7 Å². The average molecular weight is 350 g/mol. The Kier molecular flexibility index (Phi) is 7.53. The predicted molar refractivity (Wildman–Crippen MR) is 88.7 cm³/mol. The van der Waals surface area contributed by atoms with Gasteiger partial charge in [0.25, 0.3) is 0 Å². The van der Waals surface area contributed by atoms with E-state index in [2.05, 4.69) is 55.3 Å². The largest absolute Gasteiger partial charge is 2.00 e. The molecule has 2 aromatic heterocycles. The van der Waals surface area contributed by atoms with E-state index in [0.717, 1.165) is 0 Å². The van der Waals surface area contributed by atoms with Crippen LogP contribution in [-0.4, -0.2) is 0 Å². The van der Waals surface area contributed by atoms with Crippen molar-refractivity contribution in [3.63, 3.8) is 0 Å². The maximum absolute atomic E-state index is 2.21. The standard InChI is InChI=1S/C13H9S2.C5H5.Fe/c1-2-5-10(4-1)11-7-8-13(15-11)12-6-3-9-14-12;1-2-4-5-3-1;/h1-9H;1-5H;/q;;+2. The van der Waals surface area contributed by atoms with Crippen molar-refractivity contribution in [3.8, 4) is 9.75 Å². The fraction of sp³-hybridized carbons (Fsp3) is 0. The summed E-state index contributed by atoms with van der Waals surface area (Å²) in [5.74, 6) is 1.32. The molecule has 2 fully saturated rings. The second kappa shape index (κ2) is 9.15. The summed E-state index contributed by atoms with van der Waals surface area (Å²) in [6.07, 6.45) is 18.5. The molecule has 10 radical (unpaired) electrons. The Morgan fingerprint density at radius 3 is 1.81 bits per heavy atom. The molecule has 0 N–H and O–H groups in total. The first kappa shape index (κ1) is 17.3. The molecule has 0 atom stereocenters. The quantitative estimate of drug-likeness (QED) is 0.649. The molecule has 0 spiro atoms. The molecule has 104 valence electrons. The third-order valence-electron chi connectivity index (χ3n) is 2.87. The van der Waals surface area contributed by atoms with Crippen molar-refractivity contribution < 1.29 is 17.1 Å². The van der Waals surface area contributed by atoms with Crippen LogP contribution in [0.4, 0.5) is 0 Å². The molecule has 0 nitrogen and oxygen atoms in total. The maximum atomic E-state index is 2.21. The topological polar surface area (TPSA) is 0 Å². The van der Waals surface area contributed by atoms with Crippen molar-refractivity contribution in [2.75, 3.05) is 0 Å². The Hall–Kier alpha value is -0.0805. The molecule has 2 saturated carbocycles. The predicted octanol–water partition coefficient (Wildman–Crippen LogP) is 5.25. The van der Waals surface area contributed by atoms with Crippen molar-refractivity contribution in [2.24, 2.45) is 0 Å². The van der Waals surface area contributed by atoms with Crippen LogP contribution in [0, 0.1) is 63.7 Å². The summed E-state index contributed by atoms with van der Waals surface area (Å²) in [7, 11) is 0. The molecule has 4 rings (SSSR count). The summed E-state index contributed by atoms with van der Waals surface area (Å²) in [6, 6.07) is 8.68. The van der Waals surface area contributed by atoms with E-state index >= 15 is 0 Å². The first-order valence-electron chi connectivity index (χ1n) is 6.46. The summed E-state index contributed by atoms with van der Waals surface area (Å²) >= 11 is 3.66. The van der Waals surface area contributed by atoms with Crippen LogP contribution in [0.2, 0.25) is 0 Å². The SMILES string of the molecule is [CH]1[CH][CH][CH][CH]1.[CH]1[CH][CH][C](c2ccc(-c3cccs3)s2)[CH]1.[Fe+2]. The molecule has 0 bridgehead atoms. The van der Waals surface area contributed by atoms with Gasteiger partial charge in [0.05, 0.1) is 0 Å². The van der Waals surface area contributed by atoms with E-state index in [4.69, 9.17) is 0 Å². The smallest absolute Gasteiger partial charge is 0.143 e. The van der Waals surface area contributed by atoms with Gasteiger partial charge in [0.1, 0.15) is 0 Å². The van der Waals surface area contributed by atoms with E-state index in [0.29, 0.717) is 0 Å². The third-order valence-corrected chi connectivity index (χ3v) is 5.07. The van der Waals surface area contributed by atoms with E-state index in [9.17, 15) is 0 Å². The van der Waals surface area contributed by atoms with Crippen LogP contribution in [-0.2, 0) is 17.1 Å². The molecule has 21 heavy (non-hydrogen) atoms. The monoisotopic (exact) mass is 350 g/mol. The summed E-state index contributed by atoms with van der Waals surface area (Å²) < 4.78 is 0. The van der Waals surface area contributed by atoms with Gasteiger partial charge >= 0.3 is 17.1 Å². The van der Waals surface area contributed by atoms with Gasteiger partial charge in [-0.05, 0) is 81.4 Å². The van der Waals surface area contributed by atoms with Crippen molar-refractivity contribution in [2.45, 2.75) is 0 Å². The van der Waals surface area contributed by atoms with E-state index in [1.165, 1.54) is 20.5 Å². The van der Waals surface area contributed by atoms with E-state index < -0.39 is 0 Å². The van der Waals surface area contributed by atoms with Crippen LogP contribution >= 0.6 is 22.7 Å². The van der Waals surface area contributed by atoms with Crippen LogP contribution in [0.3, 0.4) is 0 Å². The maximum Gasteiger partial charge on any atom is 2.00 e. The number of rotatable bonds is 2. The van der Waals surface area contributed by atoms with Crippen molar-refractivity contribution in [1.82, 2.24) is 0 Å². The molecule has 0 unspecified atom stereocenters. The van der Waals surface area contributed by atoms with Gasteiger partial charge in [-0.3, -0.25) is 0 Å². The zero-order valence-electron chi connectivity index (χ0n) is 11.3. The Morgan fingerprint density at radius 2 is 1.24 bits per heavy atom. The normalized spacial score (nSPS) is 18.1. The van der Waals surface area contributed by atoms with E-state index in [1.54, 1.807) is 11.3 Å². The third kappa shape index (κ3) is 4.96. The summed E-state index contributed by atoms with van der Waals surface area (Å²) in [4.78, 5) is 4.07. The van der Waals surface area contributed by atoms with Gasteiger partial charge in [0.2, 0.25) is 0 Å². The molecule has 0 aliphatic heterocycles. The van der Waals surface area contributed by atoms with Crippen LogP contribution < -0.4 is 0 Å². The minimum Gasteiger partial charge on any atom is -0.143 e. The molecule has 2 aromatic rings. The summed E-state index contributed by atoms with van der Waals surface area (Å²) in [6.45, 7) is 0.